The van der Waals surface area contributed by atoms with E-state index < -0.39 is 15.8 Å². The first-order valence-electron chi connectivity index (χ1n) is 6.64. The second-order valence-electron chi connectivity index (χ2n) is 5.09. The van der Waals surface area contributed by atoms with Crippen LogP contribution in [0, 0.1) is 0 Å². The van der Waals surface area contributed by atoms with Crippen LogP contribution in [0.1, 0.15) is 11.1 Å². The molecule has 4 nitrogen and oxygen atoms in total. The number of phenolic OH excluding ortho intramolecular Hbond substituents is 1. The third-order valence-corrected chi connectivity index (χ3v) is 6.07. The minimum Gasteiger partial charge on any atom is -0.505 e. The molecule has 0 unspecified atom stereocenters. The first kappa shape index (κ1) is 15.6. The van der Waals surface area contributed by atoms with Gasteiger partial charge in [-0.1, -0.05) is 47.5 Å². The van der Waals surface area contributed by atoms with Gasteiger partial charge in [0.05, 0.1) is 5.02 Å². The lowest BCUT2D eigenvalue weighted by molar-refractivity contribution is 0.386. The molecule has 2 aromatic rings. The molecule has 0 fully saturated rings. The summed E-state index contributed by atoms with van der Waals surface area (Å²) in [4.78, 5) is -0.260. The highest BCUT2D eigenvalue weighted by atomic mass is 35.5. The van der Waals surface area contributed by atoms with Crippen LogP contribution >= 0.6 is 23.2 Å². The van der Waals surface area contributed by atoms with Gasteiger partial charge in [-0.15, -0.1) is 0 Å². The fourth-order valence-corrected chi connectivity index (χ4v) is 4.72. The van der Waals surface area contributed by atoms with Crippen LogP contribution in [0.2, 0.25) is 10.0 Å². The molecule has 0 saturated carbocycles. The van der Waals surface area contributed by atoms with E-state index in [2.05, 4.69) is 0 Å². The van der Waals surface area contributed by atoms with Crippen molar-refractivity contribution in [3.05, 3.63) is 57.6 Å². The van der Waals surface area contributed by atoms with E-state index in [0.717, 1.165) is 11.1 Å². The summed E-state index contributed by atoms with van der Waals surface area (Å²) in [6.45, 7) is 0.616. The molecule has 1 aliphatic heterocycles. The molecular formula is C15H13Cl2NO3S. The molecule has 0 amide bonds. The highest BCUT2D eigenvalue weighted by molar-refractivity contribution is 7.89. The fraction of sp³-hybridized carbons (Fsp3) is 0.200. The van der Waals surface area contributed by atoms with Crippen LogP contribution in [-0.2, 0) is 23.0 Å². The Hall–Kier alpha value is -1.27. The van der Waals surface area contributed by atoms with Gasteiger partial charge in [0.15, 0.2) is 5.75 Å². The molecule has 0 atom stereocenters. The lowest BCUT2D eigenvalue weighted by atomic mass is 10.0. The Balaban J connectivity index is 2.02. The van der Waals surface area contributed by atoms with Crippen molar-refractivity contribution in [3.63, 3.8) is 0 Å². The maximum atomic E-state index is 12.8. The van der Waals surface area contributed by atoms with Gasteiger partial charge in [-0.25, -0.2) is 8.42 Å². The van der Waals surface area contributed by atoms with Crippen molar-refractivity contribution in [1.29, 1.82) is 0 Å². The molecule has 116 valence electrons. The van der Waals surface area contributed by atoms with Gasteiger partial charge in [-0.3, -0.25) is 0 Å². The number of hydrogen-bond donors (Lipinski definition) is 1. The van der Waals surface area contributed by atoms with Gasteiger partial charge in [0.2, 0.25) is 10.0 Å². The first-order chi connectivity index (χ1) is 10.4. The number of halogens is 2. The van der Waals surface area contributed by atoms with Gasteiger partial charge in [0, 0.05) is 18.1 Å². The monoisotopic (exact) mass is 357 g/mol. The van der Waals surface area contributed by atoms with E-state index in [9.17, 15) is 13.5 Å². The number of benzene rings is 2. The van der Waals surface area contributed by atoms with Crippen LogP contribution in [0.15, 0.2) is 41.3 Å². The molecule has 0 aliphatic carbocycles. The average Bonchev–Trinajstić information content (AvgIpc) is 2.50. The van der Waals surface area contributed by atoms with Gasteiger partial charge < -0.3 is 5.11 Å². The summed E-state index contributed by atoms with van der Waals surface area (Å²) in [6, 6.07) is 10.2. The minimum atomic E-state index is -3.87. The molecular weight excluding hydrogens is 345 g/mol. The molecule has 0 spiro atoms. The summed E-state index contributed by atoms with van der Waals surface area (Å²) in [7, 11) is -3.87. The maximum Gasteiger partial charge on any atom is 0.247 e. The zero-order chi connectivity index (χ0) is 15.9. The van der Waals surface area contributed by atoms with E-state index in [0.29, 0.717) is 13.0 Å². The maximum absolute atomic E-state index is 12.8. The van der Waals surface area contributed by atoms with Crippen LogP contribution < -0.4 is 0 Å². The number of sulfonamides is 1. The topological polar surface area (TPSA) is 57.6 Å². The average molecular weight is 358 g/mol. The molecule has 0 bridgehead atoms. The molecule has 1 aliphatic rings. The van der Waals surface area contributed by atoms with Gasteiger partial charge in [-0.2, -0.15) is 4.31 Å². The van der Waals surface area contributed by atoms with Crippen LogP contribution in [-0.4, -0.2) is 24.4 Å². The molecule has 0 radical (unpaired) electrons. The van der Waals surface area contributed by atoms with Crippen molar-refractivity contribution in [2.45, 2.75) is 17.9 Å². The number of rotatable bonds is 2. The Bertz CT molecular complexity index is 837. The van der Waals surface area contributed by atoms with Crippen LogP contribution in [0.25, 0.3) is 0 Å². The van der Waals surface area contributed by atoms with E-state index in [1.165, 1.54) is 16.4 Å². The van der Waals surface area contributed by atoms with Crippen molar-refractivity contribution in [2.75, 3.05) is 6.54 Å². The highest BCUT2D eigenvalue weighted by Gasteiger charge is 2.31. The standard InChI is InChI=1S/C15H13Cl2NO3S/c16-12-7-13(17)15(19)14(8-12)22(20,21)18-6-5-10-3-1-2-4-11(10)9-18/h1-4,7-8,19H,5-6,9H2. The minimum absolute atomic E-state index is 0.0801. The summed E-state index contributed by atoms with van der Waals surface area (Å²) < 4.78 is 26.9. The van der Waals surface area contributed by atoms with Gasteiger partial charge in [0.1, 0.15) is 4.90 Å². The van der Waals surface area contributed by atoms with E-state index in [1.807, 2.05) is 24.3 Å². The molecule has 22 heavy (non-hydrogen) atoms. The largest absolute Gasteiger partial charge is 0.505 e. The number of fused-ring (bicyclic) bond motifs is 1. The van der Waals surface area contributed by atoms with Gasteiger partial charge in [0.25, 0.3) is 0 Å². The Kier molecular flexibility index (Phi) is 4.07. The summed E-state index contributed by atoms with van der Waals surface area (Å²) >= 11 is 11.7. The second kappa shape index (κ2) is 5.74. The van der Waals surface area contributed by atoms with E-state index in [-0.39, 0.29) is 21.5 Å². The van der Waals surface area contributed by atoms with E-state index >= 15 is 0 Å². The van der Waals surface area contributed by atoms with Gasteiger partial charge >= 0.3 is 0 Å². The highest BCUT2D eigenvalue weighted by Crippen LogP contribution is 2.36. The predicted octanol–water partition coefficient (Wildman–Crippen LogP) is 3.45. The Labute approximate surface area is 138 Å². The zero-order valence-corrected chi connectivity index (χ0v) is 13.8. The lowest BCUT2D eigenvalue weighted by Crippen LogP contribution is -2.36. The lowest BCUT2D eigenvalue weighted by Gasteiger charge is -2.28. The van der Waals surface area contributed by atoms with Crippen molar-refractivity contribution < 1.29 is 13.5 Å². The quantitative estimate of drug-likeness (QED) is 0.895. The smallest absolute Gasteiger partial charge is 0.247 e. The third kappa shape index (κ3) is 2.70. The van der Waals surface area contributed by atoms with Crippen LogP contribution in [0.4, 0.5) is 0 Å². The Morgan fingerprint density at radius 1 is 1.09 bits per heavy atom. The summed E-state index contributed by atoms with van der Waals surface area (Å²) in [5.74, 6) is -0.468. The van der Waals surface area contributed by atoms with Crippen molar-refractivity contribution in [1.82, 2.24) is 4.31 Å². The normalized spacial score (nSPS) is 15.5. The molecule has 3 rings (SSSR count). The summed E-state index contributed by atoms with van der Waals surface area (Å²) in [5.41, 5.74) is 2.10. The van der Waals surface area contributed by atoms with Crippen LogP contribution in [0.3, 0.4) is 0 Å². The number of aromatic hydroxyl groups is 1. The fourth-order valence-electron chi connectivity index (χ4n) is 2.55. The second-order valence-corrected chi connectivity index (χ2v) is 7.84. The Morgan fingerprint density at radius 3 is 2.50 bits per heavy atom. The van der Waals surface area contributed by atoms with Crippen LogP contribution in [0.5, 0.6) is 5.75 Å². The molecule has 1 heterocycles. The predicted molar refractivity (Wildman–Crippen MR) is 85.9 cm³/mol. The first-order valence-corrected chi connectivity index (χ1v) is 8.84. The number of phenols is 1. The Morgan fingerprint density at radius 2 is 1.77 bits per heavy atom. The molecule has 0 saturated heterocycles. The van der Waals surface area contributed by atoms with E-state index in [4.69, 9.17) is 23.2 Å². The van der Waals surface area contributed by atoms with Crippen molar-refractivity contribution in [3.8, 4) is 5.75 Å². The molecule has 7 heteroatoms. The third-order valence-electron chi connectivity index (χ3n) is 3.71. The SMILES string of the molecule is O=S(=O)(c1cc(Cl)cc(Cl)c1O)N1CCc2ccccc2C1. The zero-order valence-electron chi connectivity index (χ0n) is 11.5. The molecule has 1 N–H and O–H groups in total. The van der Waals surface area contributed by atoms with Gasteiger partial charge in [-0.05, 0) is 29.7 Å². The molecule has 0 aromatic heterocycles. The van der Waals surface area contributed by atoms with Crippen molar-refractivity contribution >= 4 is 33.2 Å². The van der Waals surface area contributed by atoms with Crippen molar-refractivity contribution in [2.24, 2.45) is 0 Å². The molecule has 2 aromatic carbocycles. The summed E-state index contributed by atoms with van der Waals surface area (Å²) in [5, 5.41) is 10.1. The summed E-state index contributed by atoms with van der Waals surface area (Å²) in [6.07, 6.45) is 0.629. The number of hydrogen-bond acceptors (Lipinski definition) is 3. The number of nitrogens with zero attached hydrogens (tertiary/aromatic N) is 1. The van der Waals surface area contributed by atoms with E-state index in [1.54, 1.807) is 0 Å².